The summed E-state index contributed by atoms with van der Waals surface area (Å²) in [6.07, 6.45) is 8.41. The third-order valence-electron chi connectivity index (χ3n) is 4.27. The monoisotopic (exact) mass is 355 g/mol. The molecule has 0 saturated heterocycles. The molecule has 0 bridgehead atoms. The smallest absolute Gasteiger partial charge is 0.352 e. The number of carbonyl (C=O) groups is 2. The van der Waals surface area contributed by atoms with Gasteiger partial charge in [-0.15, -0.1) is 0 Å². The summed E-state index contributed by atoms with van der Waals surface area (Å²) in [4.78, 5) is 19.6. The molecule has 0 aromatic heterocycles. The highest BCUT2D eigenvalue weighted by molar-refractivity contribution is 6.39. The molecule has 4 N–H and O–H groups in total. The Hall–Kier alpha value is -2.99. The second kappa shape index (κ2) is 8.40. The molecule has 0 amide bonds. The van der Waals surface area contributed by atoms with Gasteiger partial charge >= 0.3 is 11.9 Å². The van der Waals surface area contributed by atoms with E-state index in [1.165, 1.54) is 40.8 Å². The number of aliphatic carboxylic acids is 2. The third kappa shape index (κ3) is 4.34. The average Bonchev–Trinajstić information content (AvgIpc) is 2.79. The van der Waals surface area contributed by atoms with Crippen LogP contribution in [0, 0.1) is 5.41 Å². The molecule has 6 heteroatoms. The molecule has 26 heavy (non-hydrogen) atoms. The fourth-order valence-electron chi connectivity index (χ4n) is 2.92. The van der Waals surface area contributed by atoms with Crippen molar-refractivity contribution in [1.82, 2.24) is 0 Å². The van der Waals surface area contributed by atoms with Crippen molar-refractivity contribution < 1.29 is 24.9 Å². The zero-order valence-electron chi connectivity index (χ0n) is 14.4. The Balaban J connectivity index is 0.000000213. The van der Waals surface area contributed by atoms with Gasteiger partial charge in [-0.25, -0.2) is 9.59 Å². The molecule has 1 unspecified atom stereocenters. The molecule has 3 rings (SSSR count). The van der Waals surface area contributed by atoms with Crippen LogP contribution in [0.5, 0.6) is 0 Å². The number of benzene rings is 1. The van der Waals surface area contributed by atoms with Crippen molar-refractivity contribution in [3.05, 3.63) is 58.0 Å². The average molecular weight is 355 g/mol. The maximum absolute atomic E-state index is 9.80. The van der Waals surface area contributed by atoms with E-state index in [1.807, 2.05) is 0 Å². The van der Waals surface area contributed by atoms with Gasteiger partial charge in [-0.05, 0) is 53.3 Å². The Bertz CT molecular complexity index is 924. The Morgan fingerprint density at radius 3 is 2.46 bits per heavy atom. The number of rotatable bonds is 3. The lowest BCUT2D eigenvalue weighted by molar-refractivity contribution is -0.144. The number of carboxylic acid groups (broad SMARTS) is 2. The van der Waals surface area contributed by atoms with Crippen LogP contribution in [0.1, 0.15) is 26.2 Å². The maximum atomic E-state index is 9.80. The van der Waals surface area contributed by atoms with Gasteiger partial charge in [-0.3, -0.25) is 5.41 Å². The van der Waals surface area contributed by atoms with Gasteiger partial charge in [0.15, 0.2) is 11.8 Å². The minimum Gasteiger partial charge on any atom is -0.479 e. The van der Waals surface area contributed by atoms with Gasteiger partial charge in [-0.1, -0.05) is 42.5 Å². The van der Waals surface area contributed by atoms with Crippen molar-refractivity contribution in [2.45, 2.75) is 32.3 Å². The lowest BCUT2D eigenvalue weighted by atomic mass is 9.88. The topological polar surface area (TPSA) is 119 Å². The predicted octanol–water partition coefficient (Wildman–Crippen LogP) is 1.22. The highest BCUT2D eigenvalue weighted by Gasteiger charge is 2.24. The third-order valence-corrected chi connectivity index (χ3v) is 4.27. The van der Waals surface area contributed by atoms with E-state index < -0.39 is 23.8 Å². The molecule has 1 aromatic rings. The van der Waals surface area contributed by atoms with Crippen molar-refractivity contribution in [3.8, 4) is 0 Å². The molecule has 0 fully saturated rings. The van der Waals surface area contributed by atoms with Crippen LogP contribution in [0.4, 0.5) is 0 Å². The Morgan fingerprint density at radius 1 is 1.15 bits per heavy atom. The number of aliphatic hydroxyl groups is 1. The van der Waals surface area contributed by atoms with Crippen LogP contribution in [0.15, 0.2) is 47.6 Å². The first kappa shape index (κ1) is 19.3. The van der Waals surface area contributed by atoms with Crippen LogP contribution in [-0.2, 0) is 9.59 Å². The summed E-state index contributed by atoms with van der Waals surface area (Å²) < 4.78 is 0. The van der Waals surface area contributed by atoms with Crippen molar-refractivity contribution in [1.29, 1.82) is 5.41 Å². The van der Waals surface area contributed by atoms with Crippen LogP contribution < -0.4 is 10.4 Å². The molecule has 0 saturated carbocycles. The molecule has 1 aromatic carbocycles. The van der Waals surface area contributed by atoms with Crippen LogP contribution in [0.25, 0.3) is 11.6 Å². The molecular weight excluding hydrogens is 334 g/mol. The van der Waals surface area contributed by atoms with Crippen molar-refractivity contribution >= 4 is 29.3 Å². The Labute approximate surface area is 150 Å². The number of nitrogens with one attached hydrogen (secondary N) is 1. The van der Waals surface area contributed by atoms with E-state index in [0.717, 1.165) is 0 Å². The van der Waals surface area contributed by atoms with Gasteiger partial charge in [0.1, 0.15) is 0 Å². The minimum atomic E-state index is -2.24. The first-order valence-corrected chi connectivity index (χ1v) is 8.23. The highest BCUT2D eigenvalue weighted by atomic mass is 16.4. The van der Waals surface area contributed by atoms with Crippen LogP contribution in [0.3, 0.4) is 0 Å². The number of hydrogen-bond donors (Lipinski definition) is 4. The van der Waals surface area contributed by atoms with E-state index in [-0.39, 0.29) is 0 Å². The van der Waals surface area contributed by atoms with E-state index in [1.54, 1.807) is 5.57 Å². The lowest BCUT2D eigenvalue weighted by Crippen LogP contribution is -2.34. The molecule has 6 nitrogen and oxygen atoms in total. The molecule has 0 radical (unpaired) electrons. The van der Waals surface area contributed by atoms with Gasteiger partial charge in [0.05, 0.1) is 0 Å². The second-order valence-corrected chi connectivity index (χ2v) is 6.05. The summed E-state index contributed by atoms with van der Waals surface area (Å²) in [5, 5.41) is 33.5. The molecule has 0 aliphatic heterocycles. The fraction of sp³-hybridized carbons (Fsp3) is 0.250. The molecule has 0 heterocycles. The summed E-state index contributed by atoms with van der Waals surface area (Å²) in [7, 11) is 0. The predicted molar refractivity (Wildman–Crippen MR) is 98.3 cm³/mol. The molecular formula is C20H21NO5. The van der Waals surface area contributed by atoms with E-state index in [9.17, 15) is 9.59 Å². The van der Waals surface area contributed by atoms with Gasteiger partial charge < -0.3 is 15.3 Å². The van der Waals surface area contributed by atoms with Crippen LogP contribution in [-0.4, -0.2) is 39.1 Å². The molecule has 1 atom stereocenters. The zero-order chi connectivity index (χ0) is 19.3. The quantitative estimate of drug-likeness (QED) is 0.608. The standard InChI is InChI=1S/C16H16.C4H5NO5/c1-12-10-11-13-6-2-3-8-15(13)16-9-5-4-7-14(12)16;5-1(3(7)8)2(6)4(9)10/h2-3,6-8,10-11H,4-5,9H2,1H3;2,5-6H,(H,7,8)(H,9,10). The van der Waals surface area contributed by atoms with Gasteiger partial charge in [0, 0.05) is 0 Å². The largest absolute Gasteiger partial charge is 0.479 e. The highest BCUT2D eigenvalue weighted by Crippen LogP contribution is 2.29. The van der Waals surface area contributed by atoms with Crippen molar-refractivity contribution in [2.75, 3.05) is 0 Å². The molecule has 136 valence electrons. The van der Waals surface area contributed by atoms with Gasteiger partial charge in [0.25, 0.3) is 0 Å². The number of aliphatic hydroxyl groups excluding tert-OH is 1. The first-order chi connectivity index (χ1) is 12.3. The zero-order valence-corrected chi connectivity index (χ0v) is 14.4. The number of carboxylic acids is 2. The first-order valence-electron chi connectivity index (χ1n) is 8.23. The normalized spacial score (nSPS) is 16.2. The molecule has 2 aliphatic rings. The molecule has 0 spiro atoms. The SMILES string of the molecule is CC1=CC=c2ccccc2=C2CCCC=C12.N=C(C(=O)O)C(O)C(=O)O. The Kier molecular flexibility index (Phi) is 6.25. The number of hydrogen-bond acceptors (Lipinski definition) is 4. The summed E-state index contributed by atoms with van der Waals surface area (Å²) in [5.74, 6) is -3.48. The van der Waals surface area contributed by atoms with Crippen molar-refractivity contribution in [3.63, 3.8) is 0 Å². The number of fused-ring (bicyclic) bond motifs is 2. The van der Waals surface area contributed by atoms with E-state index in [0.29, 0.717) is 0 Å². The van der Waals surface area contributed by atoms with Gasteiger partial charge in [-0.2, -0.15) is 0 Å². The van der Waals surface area contributed by atoms with Crippen LogP contribution >= 0.6 is 0 Å². The fourth-order valence-corrected chi connectivity index (χ4v) is 2.92. The maximum Gasteiger partial charge on any atom is 0.352 e. The van der Waals surface area contributed by atoms with E-state index in [2.05, 4.69) is 49.4 Å². The molecule has 2 aliphatic carbocycles. The summed E-state index contributed by atoms with van der Waals surface area (Å²) >= 11 is 0. The van der Waals surface area contributed by atoms with Crippen molar-refractivity contribution in [2.24, 2.45) is 0 Å². The number of allylic oxidation sites excluding steroid dienone is 4. The summed E-state index contributed by atoms with van der Waals surface area (Å²) in [6.45, 7) is 2.22. The van der Waals surface area contributed by atoms with E-state index in [4.69, 9.17) is 20.7 Å². The summed E-state index contributed by atoms with van der Waals surface area (Å²) in [6, 6.07) is 8.74. The van der Waals surface area contributed by atoms with Gasteiger partial charge in [0.2, 0.25) is 0 Å². The lowest BCUT2D eigenvalue weighted by Gasteiger charge is -2.17. The minimum absolute atomic E-state index is 1.22. The van der Waals surface area contributed by atoms with Crippen LogP contribution in [0.2, 0.25) is 0 Å². The summed E-state index contributed by atoms with van der Waals surface area (Å²) in [5.41, 5.74) is 3.19. The second-order valence-electron chi connectivity index (χ2n) is 6.05. The Morgan fingerprint density at radius 2 is 1.85 bits per heavy atom. The van der Waals surface area contributed by atoms with E-state index >= 15 is 0 Å².